The summed E-state index contributed by atoms with van der Waals surface area (Å²) in [6.45, 7) is 2.04. The second-order valence-corrected chi connectivity index (χ2v) is 6.07. The highest BCUT2D eigenvalue weighted by Crippen LogP contribution is 2.31. The molecule has 3 N–H and O–H groups in total. The second-order valence-electron chi connectivity index (χ2n) is 5.17. The van der Waals surface area contributed by atoms with Crippen molar-refractivity contribution >= 4 is 33.3 Å². The molecular weight excluding hydrogens is 272 g/mol. The van der Waals surface area contributed by atoms with Gasteiger partial charge in [-0.2, -0.15) is 0 Å². The van der Waals surface area contributed by atoms with Crippen LogP contribution in [0.25, 0.3) is 10.2 Å². The average Bonchev–Trinajstić information content (AvgIpc) is 3.06. The molecule has 0 aliphatic heterocycles. The van der Waals surface area contributed by atoms with Crippen molar-refractivity contribution in [3.05, 3.63) is 17.3 Å². The fraction of sp³-hybridized carbons (Fsp3) is 0.500. The molecule has 1 aliphatic rings. The fourth-order valence-corrected chi connectivity index (χ4v) is 3.60. The maximum Gasteiger partial charge on any atom is 0.222 e. The number of hydrogen-bond donors (Lipinski definition) is 2. The lowest BCUT2D eigenvalue weighted by Gasteiger charge is -2.19. The number of amides is 1. The monoisotopic (exact) mass is 290 g/mol. The predicted molar refractivity (Wildman–Crippen MR) is 80.7 cm³/mol. The number of aromatic nitrogens is 2. The summed E-state index contributed by atoms with van der Waals surface area (Å²) in [4.78, 5) is 21.6. The lowest BCUT2D eigenvalue weighted by atomic mass is 10.0. The second kappa shape index (κ2) is 5.36. The van der Waals surface area contributed by atoms with E-state index in [0.717, 1.165) is 47.5 Å². The van der Waals surface area contributed by atoms with Crippen LogP contribution in [0.5, 0.6) is 0 Å². The Labute approximate surface area is 121 Å². The molecule has 2 unspecified atom stereocenters. The SMILES string of the molecule is CCc1nc(NC2CCCC2C(N)=O)c2ccsc2n1. The number of rotatable bonds is 4. The Morgan fingerprint density at radius 3 is 3.10 bits per heavy atom. The van der Waals surface area contributed by atoms with Crippen LogP contribution in [0, 0.1) is 5.92 Å². The highest BCUT2D eigenvalue weighted by molar-refractivity contribution is 7.16. The minimum atomic E-state index is -0.216. The molecule has 2 aromatic heterocycles. The van der Waals surface area contributed by atoms with E-state index in [1.807, 2.05) is 18.4 Å². The number of thiophene rings is 1. The van der Waals surface area contributed by atoms with E-state index in [4.69, 9.17) is 5.73 Å². The van der Waals surface area contributed by atoms with Gasteiger partial charge >= 0.3 is 0 Å². The van der Waals surface area contributed by atoms with Crippen molar-refractivity contribution in [2.45, 2.75) is 38.6 Å². The van der Waals surface area contributed by atoms with Gasteiger partial charge in [0.15, 0.2) is 0 Å². The van der Waals surface area contributed by atoms with Gasteiger partial charge in [0.25, 0.3) is 0 Å². The zero-order valence-corrected chi connectivity index (χ0v) is 12.2. The van der Waals surface area contributed by atoms with E-state index in [0.29, 0.717) is 0 Å². The van der Waals surface area contributed by atoms with Crippen molar-refractivity contribution in [3.8, 4) is 0 Å². The lowest BCUT2D eigenvalue weighted by Crippen LogP contribution is -2.34. The van der Waals surface area contributed by atoms with Gasteiger partial charge in [-0.3, -0.25) is 4.79 Å². The van der Waals surface area contributed by atoms with Gasteiger partial charge < -0.3 is 11.1 Å². The third-order valence-corrected chi connectivity index (χ3v) is 4.70. The third-order valence-electron chi connectivity index (χ3n) is 3.89. The zero-order valence-electron chi connectivity index (χ0n) is 11.4. The molecule has 0 spiro atoms. The Morgan fingerprint density at radius 1 is 1.50 bits per heavy atom. The Balaban J connectivity index is 1.93. The minimum Gasteiger partial charge on any atom is -0.369 e. The molecule has 2 atom stereocenters. The van der Waals surface area contributed by atoms with E-state index in [1.165, 1.54) is 0 Å². The molecule has 106 valence electrons. The topological polar surface area (TPSA) is 80.9 Å². The first-order valence-corrected chi connectivity index (χ1v) is 7.87. The highest BCUT2D eigenvalue weighted by Gasteiger charge is 2.32. The van der Waals surface area contributed by atoms with Crippen molar-refractivity contribution in [3.63, 3.8) is 0 Å². The molecule has 0 bridgehead atoms. The quantitative estimate of drug-likeness (QED) is 0.905. The number of anilines is 1. The van der Waals surface area contributed by atoms with Crippen molar-refractivity contribution in [1.82, 2.24) is 9.97 Å². The van der Waals surface area contributed by atoms with Gasteiger partial charge in [0, 0.05) is 12.5 Å². The van der Waals surface area contributed by atoms with Gasteiger partial charge in [-0.05, 0) is 24.3 Å². The summed E-state index contributed by atoms with van der Waals surface area (Å²) in [6, 6.07) is 2.12. The van der Waals surface area contributed by atoms with Gasteiger partial charge in [-0.1, -0.05) is 13.3 Å². The number of carbonyl (C=O) groups excluding carboxylic acids is 1. The number of nitrogens with zero attached hydrogens (tertiary/aromatic N) is 2. The molecule has 1 fully saturated rings. The zero-order chi connectivity index (χ0) is 14.1. The van der Waals surface area contributed by atoms with E-state index < -0.39 is 0 Å². The van der Waals surface area contributed by atoms with Crippen LogP contribution < -0.4 is 11.1 Å². The summed E-state index contributed by atoms with van der Waals surface area (Å²) in [7, 11) is 0. The Morgan fingerprint density at radius 2 is 2.35 bits per heavy atom. The third kappa shape index (κ3) is 2.35. The molecule has 0 radical (unpaired) electrons. The average molecular weight is 290 g/mol. The van der Waals surface area contributed by atoms with Crippen molar-refractivity contribution in [2.75, 3.05) is 5.32 Å². The van der Waals surface area contributed by atoms with E-state index in [2.05, 4.69) is 15.3 Å². The van der Waals surface area contributed by atoms with Gasteiger partial charge in [-0.25, -0.2) is 9.97 Å². The van der Waals surface area contributed by atoms with Gasteiger partial charge in [0.1, 0.15) is 16.5 Å². The number of primary amides is 1. The molecule has 2 heterocycles. The Kier molecular flexibility index (Phi) is 3.56. The van der Waals surface area contributed by atoms with Crippen LogP contribution in [-0.2, 0) is 11.2 Å². The first kappa shape index (κ1) is 13.3. The van der Waals surface area contributed by atoms with Crippen molar-refractivity contribution in [1.29, 1.82) is 0 Å². The van der Waals surface area contributed by atoms with Gasteiger partial charge in [0.2, 0.25) is 5.91 Å². The molecule has 0 saturated heterocycles. The van der Waals surface area contributed by atoms with Crippen LogP contribution in [0.2, 0.25) is 0 Å². The maximum absolute atomic E-state index is 11.5. The van der Waals surface area contributed by atoms with Crippen LogP contribution >= 0.6 is 11.3 Å². The number of fused-ring (bicyclic) bond motifs is 1. The van der Waals surface area contributed by atoms with Crippen LogP contribution in [0.1, 0.15) is 32.0 Å². The van der Waals surface area contributed by atoms with Gasteiger partial charge in [0.05, 0.1) is 11.3 Å². The summed E-state index contributed by atoms with van der Waals surface area (Å²) >= 11 is 1.61. The molecule has 5 nitrogen and oxygen atoms in total. The largest absolute Gasteiger partial charge is 0.369 e. The Bertz CT molecular complexity index is 639. The molecular formula is C14H18N4OS. The predicted octanol–water partition coefficient (Wildman–Crippen LogP) is 2.32. The van der Waals surface area contributed by atoms with Crippen molar-refractivity contribution < 1.29 is 4.79 Å². The summed E-state index contributed by atoms with van der Waals surface area (Å²) < 4.78 is 0. The molecule has 1 amide bonds. The first-order chi connectivity index (χ1) is 9.69. The fourth-order valence-electron chi connectivity index (χ4n) is 2.82. The van der Waals surface area contributed by atoms with E-state index in [-0.39, 0.29) is 17.9 Å². The molecule has 1 aliphatic carbocycles. The number of nitrogens with two attached hydrogens (primary N) is 1. The number of carbonyl (C=O) groups is 1. The van der Waals surface area contributed by atoms with Crippen LogP contribution in [0.4, 0.5) is 5.82 Å². The number of hydrogen-bond acceptors (Lipinski definition) is 5. The molecule has 20 heavy (non-hydrogen) atoms. The number of aryl methyl sites for hydroxylation is 1. The summed E-state index contributed by atoms with van der Waals surface area (Å²) in [5.41, 5.74) is 5.48. The molecule has 1 saturated carbocycles. The smallest absolute Gasteiger partial charge is 0.222 e. The van der Waals surface area contributed by atoms with E-state index in [9.17, 15) is 4.79 Å². The summed E-state index contributed by atoms with van der Waals surface area (Å²) in [6.07, 6.45) is 3.66. The maximum atomic E-state index is 11.5. The van der Waals surface area contributed by atoms with Crippen LogP contribution in [-0.4, -0.2) is 21.9 Å². The lowest BCUT2D eigenvalue weighted by molar-refractivity contribution is -0.121. The van der Waals surface area contributed by atoms with E-state index >= 15 is 0 Å². The van der Waals surface area contributed by atoms with Gasteiger partial charge in [-0.15, -0.1) is 11.3 Å². The normalized spacial score (nSPS) is 22.2. The highest BCUT2D eigenvalue weighted by atomic mass is 32.1. The summed E-state index contributed by atoms with van der Waals surface area (Å²) in [5, 5.41) is 6.48. The van der Waals surface area contributed by atoms with E-state index in [1.54, 1.807) is 11.3 Å². The molecule has 0 aromatic carbocycles. The first-order valence-electron chi connectivity index (χ1n) is 6.99. The minimum absolute atomic E-state index is 0.0928. The summed E-state index contributed by atoms with van der Waals surface area (Å²) in [5.74, 6) is 1.36. The molecule has 6 heteroatoms. The van der Waals surface area contributed by atoms with Crippen molar-refractivity contribution in [2.24, 2.45) is 11.7 Å². The molecule has 3 rings (SSSR count). The molecule has 2 aromatic rings. The Hall–Kier alpha value is -1.69. The van der Waals surface area contributed by atoms with Crippen LogP contribution in [0.15, 0.2) is 11.4 Å². The standard InChI is InChI=1S/C14H18N4OS/c1-2-11-17-13(9-6-7-20-14(9)18-11)16-10-5-3-4-8(10)12(15)19/h6-8,10H,2-5H2,1H3,(H2,15,19)(H,16,17,18). The number of nitrogens with one attached hydrogen (secondary N) is 1. The van der Waals surface area contributed by atoms with Crippen LogP contribution in [0.3, 0.4) is 0 Å².